The molecule has 0 aliphatic carbocycles. The summed E-state index contributed by atoms with van der Waals surface area (Å²) >= 11 is 1.73. The van der Waals surface area contributed by atoms with Gasteiger partial charge in [0, 0.05) is 13.1 Å². The molecule has 0 radical (unpaired) electrons. The molecule has 1 aromatic heterocycles. The highest BCUT2D eigenvalue weighted by atomic mass is 32.2. The Bertz CT molecular complexity index is 879. The number of fused-ring (bicyclic) bond motifs is 1. The summed E-state index contributed by atoms with van der Waals surface area (Å²) < 4.78 is 9.45. The van der Waals surface area contributed by atoms with Crippen LogP contribution in [0.4, 0.5) is 0 Å². The molecule has 124 valence electrons. The summed E-state index contributed by atoms with van der Waals surface area (Å²) in [5.41, 5.74) is 4.16. The van der Waals surface area contributed by atoms with Gasteiger partial charge < -0.3 is 9.72 Å². The smallest absolute Gasteiger partial charge is 0.326 e. The van der Waals surface area contributed by atoms with Gasteiger partial charge in [0.1, 0.15) is 5.94 Å². The van der Waals surface area contributed by atoms with Crippen molar-refractivity contribution in [2.75, 3.05) is 19.1 Å². The first-order chi connectivity index (χ1) is 11.8. The summed E-state index contributed by atoms with van der Waals surface area (Å²) in [5.74, 6) is 0.738. The lowest BCUT2D eigenvalue weighted by Gasteiger charge is -2.25. The average molecular weight is 341 g/mol. The van der Waals surface area contributed by atoms with Crippen molar-refractivity contribution in [1.29, 1.82) is 0 Å². The Kier molecular flexibility index (Phi) is 4.42. The third kappa shape index (κ3) is 3.26. The number of para-hydroxylation sites is 2. The normalized spacial score (nSPS) is 15.8. The van der Waals surface area contributed by atoms with Crippen molar-refractivity contribution in [3.63, 3.8) is 0 Å². The average Bonchev–Trinajstić information content (AvgIpc) is 2.93. The Morgan fingerprint density at radius 3 is 2.54 bits per heavy atom. The van der Waals surface area contributed by atoms with Crippen LogP contribution in [0.2, 0.25) is 0 Å². The van der Waals surface area contributed by atoms with Crippen molar-refractivity contribution in [3.8, 4) is 0 Å². The second-order valence-corrected chi connectivity index (χ2v) is 6.88. The van der Waals surface area contributed by atoms with E-state index in [1.54, 1.807) is 16.5 Å². The summed E-state index contributed by atoms with van der Waals surface area (Å²) in [6.45, 7) is 3.25. The van der Waals surface area contributed by atoms with E-state index in [2.05, 4.69) is 33.6 Å². The summed E-state index contributed by atoms with van der Waals surface area (Å²) in [7, 11) is 0. The molecule has 1 N–H and O–H groups in total. The zero-order valence-corrected chi connectivity index (χ0v) is 14.1. The first kappa shape index (κ1) is 15.5. The van der Waals surface area contributed by atoms with Gasteiger partial charge in [0.05, 0.1) is 24.2 Å². The molecule has 0 atom stereocenters. The number of aromatic nitrogens is 2. The van der Waals surface area contributed by atoms with E-state index >= 15 is 0 Å². The van der Waals surface area contributed by atoms with Crippen molar-refractivity contribution in [1.82, 2.24) is 13.9 Å². The van der Waals surface area contributed by atoms with Gasteiger partial charge in [-0.25, -0.2) is 9.10 Å². The highest BCUT2D eigenvalue weighted by Gasteiger charge is 2.12. The maximum atomic E-state index is 12.2. The molecule has 0 amide bonds. The zero-order valence-electron chi connectivity index (χ0n) is 13.3. The summed E-state index contributed by atoms with van der Waals surface area (Å²) in [6.07, 6.45) is 0. The van der Waals surface area contributed by atoms with Crippen molar-refractivity contribution in [2.45, 2.75) is 13.1 Å². The zero-order chi connectivity index (χ0) is 16.4. The molecule has 1 fully saturated rings. The van der Waals surface area contributed by atoms with E-state index in [4.69, 9.17) is 4.74 Å². The monoisotopic (exact) mass is 341 g/mol. The van der Waals surface area contributed by atoms with Crippen LogP contribution in [0.25, 0.3) is 11.0 Å². The molecule has 0 saturated carbocycles. The maximum Gasteiger partial charge on any atom is 0.326 e. The van der Waals surface area contributed by atoms with Gasteiger partial charge in [-0.3, -0.25) is 4.57 Å². The molecule has 6 heteroatoms. The van der Waals surface area contributed by atoms with Crippen molar-refractivity contribution in [3.05, 3.63) is 70.1 Å². The number of rotatable bonds is 4. The molecule has 0 bridgehead atoms. The first-order valence-electron chi connectivity index (χ1n) is 8.00. The van der Waals surface area contributed by atoms with Crippen LogP contribution < -0.4 is 5.69 Å². The topological polar surface area (TPSA) is 50.3 Å². The van der Waals surface area contributed by atoms with Gasteiger partial charge in [-0.15, -0.1) is 0 Å². The van der Waals surface area contributed by atoms with Gasteiger partial charge in [0.2, 0.25) is 0 Å². The molecule has 5 nitrogen and oxygen atoms in total. The molecule has 1 aliphatic rings. The molecule has 0 spiro atoms. The Labute approximate surface area is 144 Å². The number of benzene rings is 2. The molecule has 1 saturated heterocycles. The van der Waals surface area contributed by atoms with Crippen LogP contribution in [0, 0.1) is 0 Å². The largest absolute Gasteiger partial charge is 0.368 e. The lowest BCUT2D eigenvalue weighted by atomic mass is 10.1. The van der Waals surface area contributed by atoms with Crippen molar-refractivity contribution in [2.24, 2.45) is 0 Å². The summed E-state index contributed by atoms with van der Waals surface area (Å²) in [6, 6.07) is 16.3. The molecule has 24 heavy (non-hydrogen) atoms. The van der Waals surface area contributed by atoms with Crippen molar-refractivity contribution < 1.29 is 4.74 Å². The number of hydrogen-bond acceptors (Lipinski definition) is 4. The standard InChI is InChI=1S/C18H19N3O2S/c22-18-19-16-3-1-2-4-17(16)21(18)12-15-7-5-14(6-8-15)11-20-9-10-23-13-24-20/h1-8H,9-13H2,(H,19,22). The fourth-order valence-electron chi connectivity index (χ4n) is 2.93. The fourth-order valence-corrected chi connectivity index (χ4v) is 3.71. The molecule has 3 aromatic rings. The Balaban J connectivity index is 1.50. The van der Waals surface area contributed by atoms with Crippen LogP contribution in [-0.4, -0.2) is 32.9 Å². The highest BCUT2D eigenvalue weighted by Crippen LogP contribution is 2.19. The third-order valence-corrected chi connectivity index (χ3v) is 5.16. The van der Waals surface area contributed by atoms with E-state index in [0.29, 0.717) is 6.54 Å². The number of nitrogens with zero attached hydrogens (tertiary/aromatic N) is 2. The van der Waals surface area contributed by atoms with Gasteiger partial charge in [0.25, 0.3) is 0 Å². The number of nitrogens with one attached hydrogen (secondary N) is 1. The Morgan fingerprint density at radius 1 is 1.04 bits per heavy atom. The summed E-state index contributed by atoms with van der Waals surface area (Å²) in [5, 5.41) is 0. The van der Waals surface area contributed by atoms with Gasteiger partial charge in [0.15, 0.2) is 0 Å². The van der Waals surface area contributed by atoms with Crippen LogP contribution in [0.5, 0.6) is 0 Å². The fraction of sp³-hybridized carbons (Fsp3) is 0.278. The number of aromatic amines is 1. The van der Waals surface area contributed by atoms with E-state index in [-0.39, 0.29) is 5.69 Å². The lowest BCUT2D eigenvalue weighted by molar-refractivity contribution is 0.146. The third-order valence-electron chi connectivity index (χ3n) is 4.21. The molecule has 2 aromatic carbocycles. The van der Waals surface area contributed by atoms with Crippen LogP contribution >= 0.6 is 11.9 Å². The molecule has 2 heterocycles. The van der Waals surface area contributed by atoms with Gasteiger partial charge in [-0.1, -0.05) is 36.4 Å². The molecular weight excluding hydrogens is 322 g/mol. The molecule has 4 rings (SSSR count). The van der Waals surface area contributed by atoms with Crippen LogP contribution in [0.15, 0.2) is 53.3 Å². The molecular formula is C18H19N3O2S. The van der Waals surface area contributed by atoms with E-state index in [1.165, 1.54) is 5.56 Å². The highest BCUT2D eigenvalue weighted by molar-refractivity contribution is 7.96. The predicted molar refractivity (Wildman–Crippen MR) is 96.9 cm³/mol. The van der Waals surface area contributed by atoms with E-state index < -0.39 is 0 Å². The predicted octanol–water partition coefficient (Wildman–Crippen LogP) is 2.82. The van der Waals surface area contributed by atoms with Crippen LogP contribution in [0.1, 0.15) is 11.1 Å². The molecule has 1 aliphatic heterocycles. The Hall–Kier alpha value is -2.02. The minimum atomic E-state index is -0.0648. The second kappa shape index (κ2) is 6.84. The quantitative estimate of drug-likeness (QED) is 0.742. The number of ether oxygens (including phenoxy) is 1. The second-order valence-electron chi connectivity index (χ2n) is 5.87. The van der Waals surface area contributed by atoms with E-state index in [0.717, 1.165) is 42.2 Å². The number of hydrogen-bond donors (Lipinski definition) is 1. The minimum absolute atomic E-state index is 0.0648. The molecule has 0 unspecified atom stereocenters. The summed E-state index contributed by atoms with van der Waals surface area (Å²) in [4.78, 5) is 15.1. The number of H-pyrrole nitrogens is 1. The van der Waals surface area contributed by atoms with Gasteiger partial charge >= 0.3 is 5.69 Å². The van der Waals surface area contributed by atoms with E-state index in [1.807, 2.05) is 24.3 Å². The van der Waals surface area contributed by atoms with Crippen molar-refractivity contribution >= 4 is 23.0 Å². The van der Waals surface area contributed by atoms with Crippen LogP contribution in [-0.2, 0) is 17.8 Å². The maximum absolute atomic E-state index is 12.2. The first-order valence-corrected chi connectivity index (χ1v) is 8.95. The Morgan fingerprint density at radius 2 is 1.79 bits per heavy atom. The van der Waals surface area contributed by atoms with Gasteiger partial charge in [-0.2, -0.15) is 0 Å². The minimum Gasteiger partial charge on any atom is -0.368 e. The number of imidazole rings is 1. The van der Waals surface area contributed by atoms with Crippen LogP contribution in [0.3, 0.4) is 0 Å². The van der Waals surface area contributed by atoms with Gasteiger partial charge in [-0.05, 0) is 35.2 Å². The van der Waals surface area contributed by atoms with E-state index in [9.17, 15) is 4.79 Å². The SMILES string of the molecule is O=c1[nH]c2ccccc2n1Cc1ccc(CN2CCOCS2)cc1. The lowest BCUT2D eigenvalue weighted by Crippen LogP contribution is -2.26.